The van der Waals surface area contributed by atoms with E-state index in [9.17, 15) is 5.11 Å². The number of benzene rings is 1. The van der Waals surface area contributed by atoms with Crippen molar-refractivity contribution >= 4 is 16.9 Å². The van der Waals surface area contributed by atoms with Gasteiger partial charge < -0.3 is 10.4 Å². The Morgan fingerprint density at radius 2 is 1.89 bits per heavy atom. The number of para-hydroxylation sites is 1. The van der Waals surface area contributed by atoms with Crippen LogP contribution in [-0.2, 0) is 13.0 Å². The number of aliphatic hydroxyl groups excluding tert-OH is 1. The Bertz CT molecular complexity index is 928. The number of pyridine rings is 1. The lowest BCUT2D eigenvalue weighted by molar-refractivity contribution is 0.140. The molecule has 0 radical (unpaired) electrons. The number of β-amino-alcohol motifs (C(OH)–C–C–N with tert-alkyl or cyclic N) is 1. The second kappa shape index (κ2) is 8.20. The van der Waals surface area contributed by atoms with Crippen molar-refractivity contribution in [2.45, 2.75) is 39.0 Å². The minimum atomic E-state index is -0.337. The third kappa shape index (κ3) is 4.46. The molecule has 1 aliphatic rings. The second-order valence-corrected chi connectivity index (χ2v) is 7.93. The van der Waals surface area contributed by atoms with Crippen molar-refractivity contribution in [3.63, 3.8) is 0 Å². The van der Waals surface area contributed by atoms with E-state index in [4.69, 9.17) is 4.98 Å². The van der Waals surface area contributed by atoms with Gasteiger partial charge in [0.25, 0.3) is 0 Å². The standard InChI is InChI=1S/C22H27N5O/c1-15(2)25-22-23-10-16(11-24-22)12-27-13-18(21(28)14-27)9-19-8-7-17-5-3-4-6-20(17)26-19/h3-8,10-11,15,18,21,28H,9,12-14H2,1-2H3,(H,23,24,25)/t18-,21-/m1/s1. The number of anilines is 1. The second-order valence-electron chi connectivity index (χ2n) is 7.93. The summed E-state index contributed by atoms with van der Waals surface area (Å²) in [5, 5.41) is 14.9. The van der Waals surface area contributed by atoms with Crippen LogP contribution < -0.4 is 5.32 Å². The van der Waals surface area contributed by atoms with Gasteiger partial charge in [-0.1, -0.05) is 24.3 Å². The number of fused-ring (bicyclic) bond motifs is 1. The highest BCUT2D eigenvalue weighted by atomic mass is 16.3. The minimum absolute atomic E-state index is 0.191. The predicted molar refractivity (Wildman–Crippen MR) is 111 cm³/mol. The van der Waals surface area contributed by atoms with E-state index >= 15 is 0 Å². The lowest BCUT2D eigenvalue weighted by Crippen LogP contribution is -2.21. The summed E-state index contributed by atoms with van der Waals surface area (Å²) in [6, 6.07) is 12.6. The monoisotopic (exact) mass is 377 g/mol. The SMILES string of the molecule is CC(C)Nc1ncc(CN2C[C@@H](Cc3ccc4ccccc4n3)[C@H](O)C2)cn1. The Balaban J connectivity index is 1.37. The number of nitrogens with one attached hydrogen (secondary N) is 1. The van der Waals surface area contributed by atoms with Gasteiger partial charge in [0.2, 0.25) is 5.95 Å². The summed E-state index contributed by atoms with van der Waals surface area (Å²) in [4.78, 5) is 15.8. The first-order valence-electron chi connectivity index (χ1n) is 9.89. The minimum Gasteiger partial charge on any atom is -0.391 e. The molecule has 0 bridgehead atoms. The molecule has 6 nitrogen and oxygen atoms in total. The van der Waals surface area contributed by atoms with Crippen LogP contribution in [0.25, 0.3) is 10.9 Å². The van der Waals surface area contributed by atoms with Crippen LogP contribution in [-0.4, -0.2) is 50.2 Å². The zero-order valence-corrected chi connectivity index (χ0v) is 16.4. The topological polar surface area (TPSA) is 74.2 Å². The van der Waals surface area contributed by atoms with Crippen LogP contribution in [0.2, 0.25) is 0 Å². The molecule has 1 aromatic carbocycles. The third-order valence-corrected chi connectivity index (χ3v) is 5.14. The molecule has 0 unspecified atom stereocenters. The number of rotatable bonds is 6. The summed E-state index contributed by atoms with van der Waals surface area (Å²) in [7, 11) is 0. The molecule has 28 heavy (non-hydrogen) atoms. The highest BCUT2D eigenvalue weighted by molar-refractivity contribution is 5.78. The van der Waals surface area contributed by atoms with Crippen molar-refractivity contribution in [1.29, 1.82) is 0 Å². The molecule has 1 fully saturated rings. The quantitative estimate of drug-likeness (QED) is 0.688. The summed E-state index contributed by atoms with van der Waals surface area (Å²) < 4.78 is 0. The molecule has 6 heteroatoms. The fraction of sp³-hybridized carbons (Fsp3) is 0.409. The summed E-state index contributed by atoms with van der Waals surface area (Å²) in [5.41, 5.74) is 3.11. The molecule has 1 saturated heterocycles. The Morgan fingerprint density at radius 1 is 1.11 bits per heavy atom. The van der Waals surface area contributed by atoms with Crippen LogP contribution in [0.4, 0.5) is 5.95 Å². The van der Waals surface area contributed by atoms with Crippen LogP contribution in [0.1, 0.15) is 25.1 Å². The molecule has 3 aromatic rings. The number of aliphatic hydroxyl groups is 1. The van der Waals surface area contributed by atoms with E-state index in [1.165, 1.54) is 0 Å². The van der Waals surface area contributed by atoms with Crippen molar-refractivity contribution in [2.75, 3.05) is 18.4 Å². The maximum absolute atomic E-state index is 10.5. The highest BCUT2D eigenvalue weighted by Crippen LogP contribution is 2.23. The normalized spacial score (nSPS) is 20.1. The van der Waals surface area contributed by atoms with Gasteiger partial charge in [-0.15, -0.1) is 0 Å². The van der Waals surface area contributed by atoms with E-state index in [0.29, 0.717) is 18.5 Å². The van der Waals surface area contributed by atoms with Gasteiger partial charge in [-0.2, -0.15) is 0 Å². The van der Waals surface area contributed by atoms with Gasteiger partial charge in [0.15, 0.2) is 0 Å². The van der Waals surface area contributed by atoms with Gasteiger partial charge in [-0.05, 0) is 32.4 Å². The van der Waals surface area contributed by atoms with Gasteiger partial charge in [-0.3, -0.25) is 9.88 Å². The molecule has 0 spiro atoms. The van der Waals surface area contributed by atoms with Crippen molar-refractivity contribution in [2.24, 2.45) is 5.92 Å². The maximum Gasteiger partial charge on any atom is 0.222 e. The van der Waals surface area contributed by atoms with Crippen LogP contribution in [0.3, 0.4) is 0 Å². The Labute approximate surface area is 165 Å². The van der Waals surface area contributed by atoms with Crippen LogP contribution in [0.5, 0.6) is 0 Å². The van der Waals surface area contributed by atoms with E-state index < -0.39 is 0 Å². The van der Waals surface area contributed by atoms with E-state index in [0.717, 1.165) is 41.7 Å². The van der Waals surface area contributed by atoms with Gasteiger partial charge >= 0.3 is 0 Å². The van der Waals surface area contributed by atoms with Crippen molar-refractivity contribution < 1.29 is 5.11 Å². The molecule has 0 aliphatic carbocycles. The fourth-order valence-corrected chi connectivity index (χ4v) is 3.79. The van der Waals surface area contributed by atoms with Gasteiger partial charge in [0, 0.05) is 60.6 Å². The number of likely N-dealkylation sites (tertiary alicyclic amines) is 1. The molecule has 0 saturated carbocycles. The number of hydrogen-bond donors (Lipinski definition) is 2. The van der Waals surface area contributed by atoms with Crippen molar-refractivity contribution in [1.82, 2.24) is 19.9 Å². The first kappa shape index (κ1) is 18.8. The first-order valence-corrected chi connectivity index (χ1v) is 9.89. The largest absolute Gasteiger partial charge is 0.391 e. The molecule has 3 heterocycles. The lowest BCUT2D eigenvalue weighted by Gasteiger charge is -2.16. The third-order valence-electron chi connectivity index (χ3n) is 5.14. The Morgan fingerprint density at radius 3 is 2.68 bits per heavy atom. The smallest absolute Gasteiger partial charge is 0.222 e. The molecule has 2 N–H and O–H groups in total. The zero-order chi connectivity index (χ0) is 19.5. The van der Waals surface area contributed by atoms with Crippen LogP contribution >= 0.6 is 0 Å². The fourth-order valence-electron chi connectivity index (χ4n) is 3.79. The molecule has 2 aromatic heterocycles. The number of nitrogens with zero attached hydrogens (tertiary/aromatic N) is 4. The number of aromatic nitrogens is 3. The van der Waals surface area contributed by atoms with Gasteiger partial charge in [0.1, 0.15) is 0 Å². The van der Waals surface area contributed by atoms with E-state index in [2.05, 4.69) is 52.2 Å². The summed E-state index contributed by atoms with van der Waals surface area (Å²) in [6.45, 7) is 6.40. The van der Waals surface area contributed by atoms with E-state index in [1.54, 1.807) is 0 Å². The average Bonchev–Trinajstić information content (AvgIpc) is 3.02. The molecule has 146 valence electrons. The molecular weight excluding hydrogens is 350 g/mol. The number of hydrogen-bond acceptors (Lipinski definition) is 6. The molecule has 2 atom stereocenters. The van der Waals surface area contributed by atoms with E-state index in [1.807, 2.05) is 30.6 Å². The molecule has 0 amide bonds. The first-order chi connectivity index (χ1) is 13.6. The van der Waals surface area contributed by atoms with E-state index in [-0.39, 0.29) is 12.0 Å². The maximum atomic E-state index is 10.5. The van der Waals surface area contributed by atoms with Crippen LogP contribution in [0, 0.1) is 5.92 Å². The lowest BCUT2D eigenvalue weighted by atomic mass is 9.99. The Kier molecular flexibility index (Phi) is 5.50. The Hall–Kier alpha value is -2.57. The van der Waals surface area contributed by atoms with Crippen molar-refractivity contribution in [3.05, 3.63) is 60.0 Å². The average molecular weight is 377 g/mol. The van der Waals surface area contributed by atoms with Crippen LogP contribution in [0.15, 0.2) is 48.8 Å². The predicted octanol–water partition coefficient (Wildman–Crippen LogP) is 2.88. The molecular formula is C22H27N5O. The van der Waals surface area contributed by atoms with Gasteiger partial charge in [-0.25, -0.2) is 9.97 Å². The van der Waals surface area contributed by atoms with Crippen molar-refractivity contribution in [3.8, 4) is 0 Å². The molecule has 1 aliphatic heterocycles. The van der Waals surface area contributed by atoms with Gasteiger partial charge in [0.05, 0.1) is 11.6 Å². The summed E-state index contributed by atoms with van der Waals surface area (Å²) in [5.74, 6) is 0.844. The zero-order valence-electron chi connectivity index (χ0n) is 16.4. The molecule has 4 rings (SSSR count). The highest BCUT2D eigenvalue weighted by Gasteiger charge is 2.31. The summed E-state index contributed by atoms with van der Waals surface area (Å²) >= 11 is 0. The summed E-state index contributed by atoms with van der Waals surface area (Å²) in [6.07, 6.45) is 4.18.